The fourth-order valence-corrected chi connectivity index (χ4v) is 2.12. The maximum absolute atomic E-state index is 12.2. The molecule has 0 atom stereocenters. The number of amides is 1. The molecule has 0 N–H and O–H groups in total. The molecule has 0 unspecified atom stereocenters. The van der Waals surface area contributed by atoms with E-state index in [2.05, 4.69) is 4.98 Å². The van der Waals surface area contributed by atoms with Crippen LogP contribution in [0.5, 0.6) is 5.75 Å². The van der Waals surface area contributed by atoms with Crippen molar-refractivity contribution in [2.45, 2.75) is 19.4 Å². The molecule has 110 valence electrons. The Bertz CT molecular complexity index is 584. The molecule has 1 aromatic carbocycles. The molecule has 4 heteroatoms. The molecule has 1 aromatic heterocycles. The predicted octanol–water partition coefficient (Wildman–Crippen LogP) is 2.68. The second-order valence-corrected chi connectivity index (χ2v) is 4.96. The van der Waals surface area contributed by atoms with Gasteiger partial charge in [0.2, 0.25) is 5.91 Å². The first-order chi connectivity index (χ1) is 10.2. The molecule has 0 aliphatic carbocycles. The summed E-state index contributed by atoms with van der Waals surface area (Å²) in [6.45, 7) is 0.611. The van der Waals surface area contributed by atoms with Crippen LogP contribution in [0.1, 0.15) is 17.5 Å². The highest BCUT2D eigenvalue weighted by Crippen LogP contribution is 2.14. The van der Waals surface area contributed by atoms with E-state index in [4.69, 9.17) is 4.74 Å². The van der Waals surface area contributed by atoms with Crippen LogP contribution in [0.2, 0.25) is 0 Å². The number of rotatable bonds is 6. The average Bonchev–Trinajstić information content (AvgIpc) is 2.53. The standard InChI is InChI=1S/C17H20N2O2/c1-19(13-15-8-10-18-11-9-15)17(20)7-6-14-4-3-5-16(12-14)21-2/h3-5,8-12H,6-7,13H2,1-2H3. The van der Waals surface area contributed by atoms with Gasteiger partial charge in [0.05, 0.1) is 7.11 Å². The number of benzene rings is 1. The minimum Gasteiger partial charge on any atom is -0.497 e. The van der Waals surface area contributed by atoms with Crippen LogP contribution in [0.4, 0.5) is 0 Å². The van der Waals surface area contributed by atoms with Crippen molar-refractivity contribution < 1.29 is 9.53 Å². The van der Waals surface area contributed by atoms with Gasteiger partial charge in [-0.25, -0.2) is 0 Å². The molecule has 21 heavy (non-hydrogen) atoms. The zero-order valence-corrected chi connectivity index (χ0v) is 12.5. The van der Waals surface area contributed by atoms with Gasteiger partial charge in [-0.05, 0) is 41.8 Å². The molecule has 0 radical (unpaired) electrons. The van der Waals surface area contributed by atoms with Gasteiger partial charge in [0.1, 0.15) is 5.75 Å². The lowest BCUT2D eigenvalue weighted by Crippen LogP contribution is -2.26. The van der Waals surface area contributed by atoms with Crippen LogP contribution < -0.4 is 4.74 Å². The minimum atomic E-state index is 0.134. The zero-order chi connectivity index (χ0) is 15.1. The summed E-state index contributed by atoms with van der Waals surface area (Å²) in [5, 5.41) is 0. The smallest absolute Gasteiger partial charge is 0.222 e. The van der Waals surface area contributed by atoms with Crippen molar-refractivity contribution >= 4 is 5.91 Å². The molecule has 4 nitrogen and oxygen atoms in total. The molecule has 0 bridgehead atoms. The van der Waals surface area contributed by atoms with E-state index in [9.17, 15) is 4.79 Å². The molecule has 1 amide bonds. The van der Waals surface area contributed by atoms with E-state index in [1.807, 2.05) is 43.4 Å². The zero-order valence-electron chi connectivity index (χ0n) is 12.5. The largest absolute Gasteiger partial charge is 0.497 e. The Morgan fingerprint density at radius 3 is 2.67 bits per heavy atom. The Morgan fingerprint density at radius 1 is 1.19 bits per heavy atom. The summed E-state index contributed by atoms with van der Waals surface area (Å²) in [5.74, 6) is 0.958. The molecule has 0 fully saturated rings. The third-order valence-electron chi connectivity index (χ3n) is 3.36. The van der Waals surface area contributed by atoms with E-state index < -0.39 is 0 Å². The van der Waals surface area contributed by atoms with Crippen LogP contribution in [0.25, 0.3) is 0 Å². The minimum absolute atomic E-state index is 0.134. The molecular formula is C17H20N2O2. The van der Waals surface area contributed by atoms with Crippen LogP contribution in [0.3, 0.4) is 0 Å². The molecule has 0 saturated heterocycles. The number of ether oxygens (including phenoxy) is 1. The maximum Gasteiger partial charge on any atom is 0.222 e. The number of aromatic nitrogens is 1. The Balaban J connectivity index is 1.86. The van der Waals surface area contributed by atoms with Crippen molar-refractivity contribution in [3.8, 4) is 5.75 Å². The van der Waals surface area contributed by atoms with Gasteiger partial charge in [-0.3, -0.25) is 9.78 Å². The first-order valence-electron chi connectivity index (χ1n) is 6.95. The van der Waals surface area contributed by atoms with Gasteiger partial charge in [-0.15, -0.1) is 0 Å². The summed E-state index contributed by atoms with van der Waals surface area (Å²) in [4.78, 5) is 17.9. The Morgan fingerprint density at radius 2 is 1.95 bits per heavy atom. The van der Waals surface area contributed by atoms with Crippen LogP contribution in [-0.4, -0.2) is 29.9 Å². The monoisotopic (exact) mass is 284 g/mol. The van der Waals surface area contributed by atoms with Crippen LogP contribution in [-0.2, 0) is 17.8 Å². The topological polar surface area (TPSA) is 42.4 Å². The van der Waals surface area contributed by atoms with Crippen molar-refractivity contribution in [2.24, 2.45) is 0 Å². The van der Waals surface area contributed by atoms with E-state index in [-0.39, 0.29) is 5.91 Å². The van der Waals surface area contributed by atoms with Gasteiger partial charge in [0.25, 0.3) is 0 Å². The van der Waals surface area contributed by atoms with Crippen molar-refractivity contribution in [1.29, 1.82) is 0 Å². The van der Waals surface area contributed by atoms with E-state index in [1.165, 1.54) is 0 Å². The lowest BCUT2D eigenvalue weighted by atomic mass is 10.1. The van der Waals surface area contributed by atoms with Gasteiger partial charge in [0, 0.05) is 32.4 Å². The van der Waals surface area contributed by atoms with Gasteiger partial charge in [0.15, 0.2) is 0 Å². The summed E-state index contributed by atoms with van der Waals surface area (Å²) in [5.41, 5.74) is 2.20. The first-order valence-corrected chi connectivity index (χ1v) is 6.95. The molecule has 0 saturated carbocycles. The normalized spacial score (nSPS) is 10.2. The van der Waals surface area contributed by atoms with Crippen molar-refractivity contribution in [1.82, 2.24) is 9.88 Å². The van der Waals surface area contributed by atoms with Crippen LogP contribution >= 0.6 is 0 Å². The summed E-state index contributed by atoms with van der Waals surface area (Å²) >= 11 is 0. The number of pyridine rings is 1. The molecule has 0 aliphatic heterocycles. The Hall–Kier alpha value is -2.36. The molecule has 1 heterocycles. The van der Waals surface area contributed by atoms with Crippen molar-refractivity contribution in [3.63, 3.8) is 0 Å². The predicted molar refractivity (Wildman–Crippen MR) is 82.0 cm³/mol. The lowest BCUT2D eigenvalue weighted by Gasteiger charge is -2.17. The second-order valence-electron chi connectivity index (χ2n) is 4.96. The fourth-order valence-electron chi connectivity index (χ4n) is 2.12. The van der Waals surface area contributed by atoms with Gasteiger partial charge in [-0.2, -0.15) is 0 Å². The molecule has 0 aliphatic rings. The van der Waals surface area contributed by atoms with Crippen molar-refractivity contribution in [3.05, 3.63) is 59.9 Å². The first kappa shape index (κ1) is 15.0. The number of carbonyl (C=O) groups excluding carboxylic acids is 1. The fraction of sp³-hybridized carbons (Fsp3) is 0.294. The molecule has 2 rings (SSSR count). The second kappa shape index (κ2) is 7.43. The highest BCUT2D eigenvalue weighted by molar-refractivity contribution is 5.76. The van der Waals surface area contributed by atoms with Crippen LogP contribution in [0, 0.1) is 0 Å². The summed E-state index contributed by atoms with van der Waals surface area (Å²) < 4.78 is 5.19. The highest BCUT2D eigenvalue weighted by Gasteiger charge is 2.09. The number of nitrogens with zero attached hydrogens (tertiary/aromatic N) is 2. The molecule has 0 spiro atoms. The average molecular weight is 284 g/mol. The van der Waals surface area contributed by atoms with Gasteiger partial charge >= 0.3 is 0 Å². The van der Waals surface area contributed by atoms with Gasteiger partial charge in [-0.1, -0.05) is 12.1 Å². The van der Waals surface area contributed by atoms with Crippen LogP contribution in [0.15, 0.2) is 48.8 Å². The number of hydrogen-bond donors (Lipinski definition) is 0. The Labute approximate surface area is 125 Å². The van der Waals surface area contributed by atoms with Crippen molar-refractivity contribution in [2.75, 3.05) is 14.2 Å². The summed E-state index contributed by atoms with van der Waals surface area (Å²) in [6, 6.07) is 11.7. The summed E-state index contributed by atoms with van der Waals surface area (Å²) in [7, 11) is 3.47. The number of hydrogen-bond acceptors (Lipinski definition) is 3. The highest BCUT2D eigenvalue weighted by atomic mass is 16.5. The number of carbonyl (C=O) groups is 1. The third-order valence-corrected chi connectivity index (χ3v) is 3.36. The summed E-state index contributed by atoms with van der Waals surface area (Å²) in [6.07, 6.45) is 4.69. The van der Waals surface area contributed by atoms with E-state index in [1.54, 1.807) is 24.4 Å². The SMILES string of the molecule is COc1cccc(CCC(=O)N(C)Cc2ccncc2)c1. The number of aryl methyl sites for hydroxylation is 1. The molecule has 2 aromatic rings. The Kier molecular flexibility index (Phi) is 5.32. The number of methoxy groups -OCH3 is 1. The van der Waals surface area contributed by atoms with E-state index in [0.29, 0.717) is 13.0 Å². The maximum atomic E-state index is 12.2. The molecular weight excluding hydrogens is 264 g/mol. The van der Waals surface area contributed by atoms with Gasteiger partial charge < -0.3 is 9.64 Å². The third kappa shape index (κ3) is 4.60. The lowest BCUT2D eigenvalue weighted by molar-refractivity contribution is -0.130. The quantitative estimate of drug-likeness (QED) is 0.819. The van der Waals surface area contributed by atoms with E-state index >= 15 is 0 Å². The van der Waals surface area contributed by atoms with E-state index in [0.717, 1.165) is 23.3 Å².